The summed E-state index contributed by atoms with van der Waals surface area (Å²) in [5, 5.41) is 2.94. The molecule has 0 unspecified atom stereocenters. The first kappa shape index (κ1) is 14.7. The number of carbonyl (C=O) groups excluding carboxylic acids is 1. The van der Waals surface area contributed by atoms with E-state index in [4.69, 9.17) is 10.5 Å². The van der Waals surface area contributed by atoms with E-state index in [1.165, 1.54) is 0 Å². The second-order valence-corrected chi connectivity index (χ2v) is 5.59. The number of ether oxygens (including phenoxy) is 1. The number of rotatable bonds is 4. The molecular formula is C16H20N4O2. The van der Waals surface area contributed by atoms with Gasteiger partial charge in [0.15, 0.2) is 0 Å². The number of benzene rings is 1. The molecule has 0 spiro atoms. The van der Waals surface area contributed by atoms with E-state index in [0.29, 0.717) is 32.6 Å². The third-order valence-corrected chi connectivity index (χ3v) is 4.00. The zero-order chi connectivity index (χ0) is 15.4. The minimum Gasteiger partial charge on any atom is -0.381 e. The van der Waals surface area contributed by atoms with Crippen molar-refractivity contribution < 1.29 is 9.53 Å². The zero-order valence-corrected chi connectivity index (χ0v) is 12.4. The number of carbonyl (C=O) groups is 1. The third kappa shape index (κ3) is 3.18. The Bertz CT molecular complexity index is 633. The van der Waals surface area contributed by atoms with Gasteiger partial charge in [-0.2, -0.15) is 0 Å². The predicted octanol–water partition coefficient (Wildman–Crippen LogP) is 0.996. The van der Waals surface area contributed by atoms with Crippen molar-refractivity contribution in [2.45, 2.75) is 24.9 Å². The smallest absolute Gasteiger partial charge is 0.240 e. The minimum atomic E-state index is -0.805. The average molecular weight is 300 g/mol. The molecule has 0 saturated carbocycles. The maximum Gasteiger partial charge on any atom is 0.240 e. The van der Waals surface area contributed by atoms with Gasteiger partial charge < -0.3 is 20.4 Å². The van der Waals surface area contributed by atoms with Crippen molar-refractivity contribution in [1.82, 2.24) is 14.9 Å². The van der Waals surface area contributed by atoms with Crippen LogP contribution in [0.5, 0.6) is 0 Å². The van der Waals surface area contributed by atoms with E-state index in [0.717, 1.165) is 11.3 Å². The molecule has 1 aromatic heterocycles. The first-order chi connectivity index (χ1) is 10.7. The minimum absolute atomic E-state index is 0.108. The van der Waals surface area contributed by atoms with Crippen molar-refractivity contribution in [3.63, 3.8) is 0 Å². The van der Waals surface area contributed by atoms with E-state index < -0.39 is 5.54 Å². The number of aromatic nitrogens is 2. The summed E-state index contributed by atoms with van der Waals surface area (Å²) in [7, 11) is 0. The van der Waals surface area contributed by atoms with E-state index in [2.05, 4.69) is 10.3 Å². The number of hydrogen-bond acceptors (Lipinski definition) is 4. The molecule has 1 aromatic carbocycles. The summed E-state index contributed by atoms with van der Waals surface area (Å²) in [5.74, 6) is -0.108. The van der Waals surface area contributed by atoms with E-state index in [9.17, 15) is 4.79 Å². The first-order valence-electron chi connectivity index (χ1n) is 7.40. The summed E-state index contributed by atoms with van der Waals surface area (Å²) in [4.78, 5) is 16.3. The van der Waals surface area contributed by atoms with Crippen LogP contribution in [0.2, 0.25) is 0 Å². The lowest BCUT2D eigenvalue weighted by Gasteiger charge is -2.31. The monoisotopic (exact) mass is 300 g/mol. The van der Waals surface area contributed by atoms with Gasteiger partial charge in [0.1, 0.15) is 0 Å². The highest BCUT2D eigenvalue weighted by Crippen LogP contribution is 2.18. The van der Waals surface area contributed by atoms with Gasteiger partial charge in [-0.1, -0.05) is 12.1 Å². The molecule has 3 N–H and O–H groups in total. The van der Waals surface area contributed by atoms with Gasteiger partial charge in [-0.25, -0.2) is 4.98 Å². The van der Waals surface area contributed by atoms with Gasteiger partial charge in [-0.15, -0.1) is 0 Å². The average Bonchev–Trinajstić information content (AvgIpc) is 3.08. The quantitative estimate of drug-likeness (QED) is 0.882. The number of nitrogens with one attached hydrogen (secondary N) is 1. The number of imidazole rings is 1. The Morgan fingerprint density at radius 3 is 2.95 bits per heavy atom. The number of nitrogens with zero attached hydrogens (tertiary/aromatic N) is 2. The van der Waals surface area contributed by atoms with E-state index >= 15 is 0 Å². The maximum absolute atomic E-state index is 12.3. The number of nitrogens with two attached hydrogens (primary N) is 1. The highest BCUT2D eigenvalue weighted by Gasteiger charge is 2.35. The van der Waals surface area contributed by atoms with Gasteiger partial charge >= 0.3 is 0 Å². The molecule has 0 bridgehead atoms. The van der Waals surface area contributed by atoms with Crippen LogP contribution in [-0.2, 0) is 16.1 Å². The standard InChI is InChI=1S/C16H20N4O2/c17-16(4-8-22-9-5-16)15(21)19-11-13-2-1-3-14(10-13)20-7-6-18-12-20/h1-3,6-7,10,12H,4-5,8-9,11,17H2,(H,19,21). The molecule has 2 heterocycles. The summed E-state index contributed by atoms with van der Waals surface area (Å²) in [5.41, 5.74) is 7.40. The van der Waals surface area contributed by atoms with Crippen molar-refractivity contribution in [3.05, 3.63) is 48.5 Å². The fourth-order valence-electron chi connectivity index (χ4n) is 2.56. The fourth-order valence-corrected chi connectivity index (χ4v) is 2.56. The van der Waals surface area contributed by atoms with Crippen LogP contribution in [0.25, 0.3) is 5.69 Å². The van der Waals surface area contributed by atoms with E-state index in [1.54, 1.807) is 12.5 Å². The molecule has 3 rings (SSSR count). The van der Waals surface area contributed by atoms with Crippen LogP contribution in [0.15, 0.2) is 43.0 Å². The van der Waals surface area contributed by atoms with Crippen molar-refractivity contribution in [2.24, 2.45) is 5.73 Å². The Morgan fingerprint density at radius 1 is 1.41 bits per heavy atom. The van der Waals surface area contributed by atoms with Gasteiger partial charge in [-0.3, -0.25) is 4.79 Å². The van der Waals surface area contributed by atoms with Gasteiger partial charge in [0.25, 0.3) is 0 Å². The Balaban J connectivity index is 1.64. The zero-order valence-electron chi connectivity index (χ0n) is 12.4. The Kier molecular flexibility index (Phi) is 4.22. The van der Waals surface area contributed by atoms with Crippen molar-refractivity contribution in [2.75, 3.05) is 13.2 Å². The molecular weight excluding hydrogens is 280 g/mol. The molecule has 1 aliphatic rings. The lowest BCUT2D eigenvalue weighted by molar-refractivity contribution is -0.129. The fraction of sp³-hybridized carbons (Fsp3) is 0.375. The molecule has 6 heteroatoms. The van der Waals surface area contributed by atoms with Crippen LogP contribution in [0, 0.1) is 0 Å². The Hall–Kier alpha value is -2.18. The van der Waals surface area contributed by atoms with Crippen LogP contribution in [0.1, 0.15) is 18.4 Å². The van der Waals surface area contributed by atoms with Crippen LogP contribution < -0.4 is 11.1 Å². The molecule has 1 fully saturated rings. The van der Waals surface area contributed by atoms with Crippen LogP contribution >= 0.6 is 0 Å². The van der Waals surface area contributed by atoms with Crippen molar-refractivity contribution >= 4 is 5.91 Å². The van der Waals surface area contributed by atoms with Crippen molar-refractivity contribution in [3.8, 4) is 5.69 Å². The highest BCUT2D eigenvalue weighted by molar-refractivity contribution is 5.86. The second kappa shape index (κ2) is 6.29. The molecule has 22 heavy (non-hydrogen) atoms. The number of amides is 1. The van der Waals surface area contributed by atoms with Gasteiger partial charge in [0.2, 0.25) is 5.91 Å². The summed E-state index contributed by atoms with van der Waals surface area (Å²) in [6, 6.07) is 7.96. The molecule has 0 aliphatic carbocycles. The summed E-state index contributed by atoms with van der Waals surface area (Å²) in [6.45, 7) is 1.54. The number of hydrogen-bond donors (Lipinski definition) is 2. The van der Waals surface area contributed by atoms with E-state index in [1.807, 2.05) is 35.0 Å². The lowest BCUT2D eigenvalue weighted by atomic mass is 9.90. The molecule has 2 aromatic rings. The summed E-state index contributed by atoms with van der Waals surface area (Å²) >= 11 is 0. The first-order valence-corrected chi connectivity index (χ1v) is 7.40. The molecule has 0 atom stereocenters. The highest BCUT2D eigenvalue weighted by atomic mass is 16.5. The van der Waals surface area contributed by atoms with Gasteiger partial charge in [0.05, 0.1) is 11.9 Å². The molecule has 116 valence electrons. The van der Waals surface area contributed by atoms with Crippen molar-refractivity contribution in [1.29, 1.82) is 0 Å². The largest absolute Gasteiger partial charge is 0.381 e. The molecule has 0 radical (unpaired) electrons. The molecule has 1 aliphatic heterocycles. The lowest BCUT2D eigenvalue weighted by Crippen LogP contribution is -2.56. The molecule has 1 amide bonds. The van der Waals surface area contributed by atoms with Crippen LogP contribution in [0.3, 0.4) is 0 Å². The maximum atomic E-state index is 12.3. The van der Waals surface area contributed by atoms with E-state index in [-0.39, 0.29) is 5.91 Å². The second-order valence-electron chi connectivity index (χ2n) is 5.59. The van der Waals surface area contributed by atoms with Gasteiger partial charge in [-0.05, 0) is 30.5 Å². The Morgan fingerprint density at radius 2 is 2.23 bits per heavy atom. The van der Waals surface area contributed by atoms with Crippen LogP contribution in [-0.4, -0.2) is 34.2 Å². The summed E-state index contributed by atoms with van der Waals surface area (Å²) in [6.07, 6.45) is 6.49. The SMILES string of the molecule is NC1(C(=O)NCc2cccc(-n3ccnc3)c2)CCOCC1. The summed E-state index contributed by atoms with van der Waals surface area (Å²) < 4.78 is 7.19. The predicted molar refractivity (Wildman–Crippen MR) is 82.4 cm³/mol. The Labute approximate surface area is 129 Å². The molecule has 6 nitrogen and oxygen atoms in total. The molecule has 1 saturated heterocycles. The topological polar surface area (TPSA) is 82.2 Å². The normalized spacial score (nSPS) is 17.1. The third-order valence-electron chi connectivity index (χ3n) is 4.00. The van der Waals surface area contributed by atoms with Crippen LogP contribution in [0.4, 0.5) is 0 Å². The van der Waals surface area contributed by atoms with Gasteiger partial charge in [0, 0.05) is 37.8 Å².